The van der Waals surface area contributed by atoms with Crippen LogP contribution in [-0.2, 0) is 4.79 Å². The molecule has 0 aromatic heterocycles. The molecule has 0 N–H and O–H groups in total. The lowest BCUT2D eigenvalue weighted by molar-refractivity contribution is -0.123. The average Bonchev–Trinajstić information content (AvgIpc) is 2.34. The van der Waals surface area contributed by atoms with Crippen molar-refractivity contribution < 1.29 is 4.79 Å². The fourth-order valence-corrected chi connectivity index (χ4v) is 2.01. The maximum absolute atomic E-state index is 12.2. The Hall–Kier alpha value is -1.33. The Morgan fingerprint density at radius 2 is 1.82 bits per heavy atom. The van der Waals surface area contributed by atoms with E-state index in [1.807, 2.05) is 13.8 Å². The van der Waals surface area contributed by atoms with Crippen LogP contribution < -0.4 is 0 Å². The van der Waals surface area contributed by atoms with E-state index in [0.29, 0.717) is 5.02 Å². The Kier molecular flexibility index (Phi) is 5.18. The zero-order valence-electron chi connectivity index (χ0n) is 10.1. The smallest absolute Gasteiger partial charge is 0.157 e. The monoisotopic (exact) mass is 249 g/mol. The third-order valence-corrected chi connectivity index (χ3v) is 3.26. The van der Waals surface area contributed by atoms with E-state index in [0.717, 1.165) is 18.4 Å². The van der Waals surface area contributed by atoms with Crippen LogP contribution >= 0.6 is 11.6 Å². The van der Waals surface area contributed by atoms with E-state index in [2.05, 4.69) is 6.07 Å². The van der Waals surface area contributed by atoms with Gasteiger partial charge in [-0.1, -0.05) is 37.6 Å². The molecule has 3 heteroatoms. The van der Waals surface area contributed by atoms with Gasteiger partial charge in [-0.3, -0.25) is 4.79 Å². The first-order chi connectivity index (χ1) is 8.13. The first-order valence-corrected chi connectivity index (χ1v) is 6.20. The van der Waals surface area contributed by atoms with Crippen molar-refractivity contribution in [3.05, 3.63) is 34.9 Å². The predicted molar refractivity (Wildman–Crippen MR) is 68.9 cm³/mol. The highest BCUT2D eigenvalue weighted by molar-refractivity contribution is 6.30. The minimum atomic E-state index is -0.669. The number of halogens is 1. The molecular weight excluding hydrogens is 234 g/mol. The van der Waals surface area contributed by atoms with Gasteiger partial charge in [-0.2, -0.15) is 5.26 Å². The van der Waals surface area contributed by atoms with Gasteiger partial charge in [0, 0.05) is 10.9 Å². The summed E-state index contributed by atoms with van der Waals surface area (Å²) in [6.45, 7) is 3.95. The molecule has 0 radical (unpaired) electrons. The number of benzene rings is 1. The van der Waals surface area contributed by atoms with Crippen molar-refractivity contribution in [3.8, 4) is 6.07 Å². The molecule has 1 unspecified atom stereocenters. The Bertz CT molecular complexity index is 415. The molecule has 0 saturated heterocycles. The minimum Gasteiger partial charge on any atom is -0.298 e. The molecule has 0 fully saturated rings. The van der Waals surface area contributed by atoms with Crippen LogP contribution in [0.15, 0.2) is 24.3 Å². The quantitative estimate of drug-likeness (QED) is 0.793. The van der Waals surface area contributed by atoms with E-state index < -0.39 is 5.92 Å². The highest BCUT2D eigenvalue weighted by Gasteiger charge is 2.25. The van der Waals surface area contributed by atoms with Crippen molar-refractivity contribution >= 4 is 17.4 Å². The van der Waals surface area contributed by atoms with E-state index >= 15 is 0 Å². The van der Waals surface area contributed by atoms with Crippen LogP contribution in [0.1, 0.15) is 38.2 Å². The summed E-state index contributed by atoms with van der Waals surface area (Å²) >= 11 is 5.79. The van der Waals surface area contributed by atoms with Gasteiger partial charge in [0.05, 0.1) is 6.07 Å². The average molecular weight is 250 g/mol. The largest absolute Gasteiger partial charge is 0.298 e. The van der Waals surface area contributed by atoms with E-state index in [4.69, 9.17) is 16.9 Å². The second-order valence-corrected chi connectivity index (χ2v) is 4.47. The first-order valence-electron chi connectivity index (χ1n) is 5.82. The molecular formula is C14H16ClNO. The zero-order valence-corrected chi connectivity index (χ0v) is 10.9. The SMILES string of the molecule is CCC(CC)C(=O)C(C#N)c1ccc(Cl)cc1. The van der Waals surface area contributed by atoms with Crippen molar-refractivity contribution in [3.63, 3.8) is 0 Å². The number of carbonyl (C=O) groups excluding carboxylic acids is 1. The number of hydrogen-bond acceptors (Lipinski definition) is 2. The number of ketones is 1. The van der Waals surface area contributed by atoms with Crippen LogP contribution in [-0.4, -0.2) is 5.78 Å². The van der Waals surface area contributed by atoms with Gasteiger partial charge in [-0.15, -0.1) is 0 Å². The van der Waals surface area contributed by atoms with Gasteiger partial charge in [-0.05, 0) is 30.5 Å². The zero-order chi connectivity index (χ0) is 12.8. The predicted octanol–water partition coefficient (Wildman–Crippen LogP) is 3.95. The van der Waals surface area contributed by atoms with Crippen LogP contribution in [0.3, 0.4) is 0 Å². The summed E-state index contributed by atoms with van der Waals surface area (Å²) in [5.74, 6) is -0.688. The van der Waals surface area contributed by atoms with E-state index in [1.54, 1.807) is 24.3 Å². The van der Waals surface area contributed by atoms with E-state index in [-0.39, 0.29) is 11.7 Å². The molecule has 0 heterocycles. The summed E-state index contributed by atoms with van der Waals surface area (Å²) in [4.78, 5) is 12.2. The molecule has 0 aliphatic rings. The number of Topliss-reactive ketones (excluding diaryl/α,β-unsaturated/α-hetero) is 1. The van der Waals surface area contributed by atoms with Crippen molar-refractivity contribution in [1.29, 1.82) is 5.26 Å². The van der Waals surface area contributed by atoms with Crippen molar-refractivity contribution in [2.24, 2.45) is 5.92 Å². The van der Waals surface area contributed by atoms with Gasteiger partial charge in [0.25, 0.3) is 0 Å². The van der Waals surface area contributed by atoms with Crippen molar-refractivity contribution in [1.82, 2.24) is 0 Å². The molecule has 17 heavy (non-hydrogen) atoms. The number of hydrogen-bond donors (Lipinski definition) is 0. The normalized spacial score (nSPS) is 12.2. The summed E-state index contributed by atoms with van der Waals surface area (Å²) in [6.07, 6.45) is 1.56. The van der Waals surface area contributed by atoms with Gasteiger partial charge >= 0.3 is 0 Å². The topological polar surface area (TPSA) is 40.9 Å². The van der Waals surface area contributed by atoms with E-state index in [9.17, 15) is 4.79 Å². The first kappa shape index (κ1) is 13.7. The van der Waals surface area contributed by atoms with Crippen molar-refractivity contribution in [2.45, 2.75) is 32.6 Å². The summed E-state index contributed by atoms with van der Waals surface area (Å²) in [5, 5.41) is 9.77. The highest BCUT2D eigenvalue weighted by Crippen LogP contribution is 2.24. The molecule has 90 valence electrons. The standard InChI is InChI=1S/C14H16ClNO/c1-3-10(4-2)14(17)13(9-16)11-5-7-12(15)8-6-11/h5-8,10,13H,3-4H2,1-2H3. The Balaban J connectivity index is 2.96. The molecule has 1 rings (SSSR count). The molecule has 1 aromatic rings. The Labute approximate surface area is 107 Å². The number of carbonyl (C=O) groups is 1. The van der Waals surface area contributed by atoms with Crippen LogP contribution in [0.5, 0.6) is 0 Å². The minimum absolute atomic E-state index is 0.0137. The highest BCUT2D eigenvalue weighted by atomic mass is 35.5. The third-order valence-electron chi connectivity index (χ3n) is 3.00. The lowest BCUT2D eigenvalue weighted by Gasteiger charge is -2.15. The lowest BCUT2D eigenvalue weighted by Crippen LogP contribution is -2.20. The molecule has 1 aromatic carbocycles. The lowest BCUT2D eigenvalue weighted by atomic mass is 9.86. The fraction of sp³-hybridized carbons (Fsp3) is 0.429. The third kappa shape index (κ3) is 3.31. The summed E-state index contributed by atoms with van der Waals surface area (Å²) in [7, 11) is 0. The Morgan fingerprint density at radius 1 is 1.29 bits per heavy atom. The summed E-state index contributed by atoms with van der Waals surface area (Å²) in [6, 6.07) is 9.01. The summed E-state index contributed by atoms with van der Waals surface area (Å²) in [5.41, 5.74) is 0.730. The van der Waals surface area contributed by atoms with Crippen LogP contribution in [0.2, 0.25) is 5.02 Å². The number of nitriles is 1. The molecule has 0 saturated carbocycles. The maximum Gasteiger partial charge on any atom is 0.157 e. The molecule has 0 spiro atoms. The summed E-state index contributed by atoms with van der Waals surface area (Å²) < 4.78 is 0. The maximum atomic E-state index is 12.2. The second-order valence-electron chi connectivity index (χ2n) is 4.03. The molecule has 0 amide bonds. The molecule has 1 atom stereocenters. The van der Waals surface area contributed by atoms with Gasteiger partial charge in [-0.25, -0.2) is 0 Å². The van der Waals surface area contributed by atoms with E-state index in [1.165, 1.54) is 0 Å². The Morgan fingerprint density at radius 3 is 2.24 bits per heavy atom. The van der Waals surface area contributed by atoms with Gasteiger partial charge in [0.15, 0.2) is 5.78 Å². The molecule has 0 aliphatic carbocycles. The molecule has 2 nitrogen and oxygen atoms in total. The van der Waals surface area contributed by atoms with Gasteiger partial charge in [0.1, 0.15) is 5.92 Å². The van der Waals surface area contributed by atoms with Gasteiger partial charge < -0.3 is 0 Å². The number of nitrogens with zero attached hydrogens (tertiary/aromatic N) is 1. The van der Waals surface area contributed by atoms with Gasteiger partial charge in [0.2, 0.25) is 0 Å². The fourth-order valence-electron chi connectivity index (χ4n) is 1.88. The molecule has 0 aliphatic heterocycles. The van der Waals surface area contributed by atoms with Crippen LogP contribution in [0, 0.1) is 17.2 Å². The molecule has 0 bridgehead atoms. The number of rotatable bonds is 5. The van der Waals surface area contributed by atoms with Crippen molar-refractivity contribution in [2.75, 3.05) is 0 Å². The van der Waals surface area contributed by atoms with Crippen LogP contribution in [0.25, 0.3) is 0 Å². The second kappa shape index (κ2) is 6.42. The van der Waals surface area contributed by atoms with Crippen LogP contribution in [0.4, 0.5) is 0 Å².